The second-order valence-corrected chi connectivity index (χ2v) is 13.4. The largest absolute Gasteiger partial charge is 0.426 e. The summed E-state index contributed by atoms with van der Waals surface area (Å²) in [5.74, 6) is 2.73. The van der Waals surface area contributed by atoms with Gasteiger partial charge in [-0.15, -0.1) is 0 Å². The first kappa shape index (κ1) is 20.0. The van der Waals surface area contributed by atoms with Crippen LogP contribution in [0.15, 0.2) is 4.99 Å². The lowest BCUT2D eigenvalue weighted by atomic mass is 10.2. The minimum absolute atomic E-state index is 0.0415. The highest BCUT2D eigenvalue weighted by atomic mass is 32.2. The van der Waals surface area contributed by atoms with Gasteiger partial charge in [0.05, 0.1) is 0 Å². The number of hydrogen-bond acceptors (Lipinski definition) is 3. The Morgan fingerprint density at radius 3 is 2.32 bits per heavy atom. The number of thioether (sulfide) groups is 1. The van der Waals surface area contributed by atoms with Crippen LogP contribution in [0.3, 0.4) is 0 Å². The molecule has 0 aromatic rings. The molecule has 130 valence electrons. The van der Waals surface area contributed by atoms with E-state index in [2.05, 4.69) is 25.8 Å². The molecule has 0 spiro atoms. The van der Waals surface area contributed by atoms with Crippen LogP contribution in [0, 0.1) is 5.92 Å². The van der Waals surface area contributed by atoms with Crippen LogP contribution < -0.4 is 0 Å². The SMILES string of the molecule is CC(C)(C)[Si](C)(C)OC(CCSCC1CC1)N=CC(F)(F)F. The van der Waals surface area contributed by atoms with E-state index < -0.39 is 20.7 Å². The first-order valence-electron chi connectivity index (χ1n) is 7.77. The smallest absolute Gasteiger partial charge is 0.396 e. The van der Waals surface area contributed by atoms with Gasteiger partial charge in [-0.05, 0) is 48.4 Å². The molecular weight excluding hydrogens is 327 g/mol. The van der Waals surface area contributed by atoms with Crippen molar-refractivity contribution in [2.75, 3.05) is 11.5 Å². The summed E-state index contributed by atoms with van der Waals surface area (Å²) in [6.07, 6.45) is -1.86. The molecule has 1 aliphatic rings. The van der Waals surface area contributed by atoms with E-state index in [9.17, 15) is 13.2 Å². The zero-order valence-electron chi connectivity index (χ0n) is 14.2. The Morgan fingerprint density at radius 1 is 1.27 bits per heavy atom. The molecule has 22 heavy (non-hydrogen) atoms. The second-order valence-electron chi connectivity index (χ2n) is 7.46. The summed E-state index contributed by atoms with van der Waals surface area (Å²) >= 11 is 1.80. The molecule has 1 atom stereocenters. The Labute approximate surface area is 137 Å². The molecule has 0 aromatic heterocycles. The Balaban J connectivity index is 2.57. The van der Waals surface area contributed by atoms with Crippen LogP contribution in [0.1, 0.15) is 40.0 Å². The number of nitrogens with zero attached hydrogens (tertiary/aromatic N) is 1. The van der Waals surface area contributed by atoms with Gasteiger partial charge in [0.25, 0.3) is 0 Å². The van der Waals surface area contributed by atoms with Crippen molar-refractivity contribution in [3.8, 4) is 0 Å². The second kappa shape index (κ2) is 7.70. The standard InChI is InChI=1S/C15H28F3NOSSi/c1-14(2,3)22(4,5)20-13(19-11-15(16,17)18)8-9-21-10-12-6-7-12/h11-13H,6-10H2,1-5H3. The van der Waals surface area contributed by atoms with E-state index in [1.165, 1.54) is 12.8 Å². The van der Waals surface area contributed by atoms with Gasteiger partial charge < -0.3 is 4.43 Å². The first-order valence-corrected chi connectivity index (χ1v) is 11.8. The van der Waals surface area contributed by atoms with Gasteiger partial charge >= 0.3 is 6.18 Å². The fourth-order valence-electron chi connectivity index (χ4n) is 1.57. The van der Waals surface area contributed by atoms with Crippen molar-refractivity contribution in [1.82, 2.24) is 0 Å². The normalized spacial score (nSPS) is 18.9. The van der Waals surface area contributed by atoms with Crippen molar-refractivity contribution in [3.05, 3.63) is 0 Å². The maximum atomic E-state index is 12.4. The maximum absolute atomic E-state index is 12.4. The first-order chi connectivity index (χ1) is 9.91. The highest BCUT2D eigenvalue weighted by Crippen LogP contribution is 2.38. The monoisotopic (exact) mass is 355 g/mol. The summed E-state index contributed by atoms with van der Waals surface area (Å²) in [4.78, 5) is 3.68. The third-order valence-corrected chi connectivity index (χ3v) is 9.89. The fourth-order valence-corrected chi connectivity index (χ4v) is 3.98. The molecule has 7 heteroatoms. The van der Waals surface area contributed by atoms with E-state index >= 15 is 0 Å². The molecule has 1 aliphatic carbocycles. The molecule has 2 nitrogen and oxygen atoms in total. The van der Waals surface area contributed by atoms with Gasteiger partial charge in [-0.2, -0.15) is 24.9 Å². The predicted molar refractivity (Wildman–Crippen MR) is 91.3 cm³/mol. The average molecular weight is 356 g/mol. The Bertz CT molecular complexity index is 376. The zero-order valence-corrected chi connectivity index (χ0v) is 16.0. The fraction of sp³-hybridized carbons (Fsp3) is 0.933. The molecule has 1 fully saturated rings. The van der Waals surface area contributed by atoms with Crippen molar-refractivity contribution < 1.29 is 17.6 Å². The van der Waals surface area contributed by atoms with E-state index in [1.807, 2.05) is 13.1 Å². The number of alkyl halides is 3. The van der Waals surface area contributed by atoms with Crippen LogP contribution in [-0.2, 0) is 4.43 Å². The maximum Gasteiger partial charge on any atom is 0.426 e. The van der Waals surface area contributed by atoms with E-state index in [4.69, 9.17) is 4.43 Å². The third-order valence-electron chi connectivity index (χ3n) is 4.18. The van der Waals surface area contributed by atoms with Crippen molar-refractivity contribution in [3.63, 3.8) is 0 Å². The van der Waals surface area contributed by atoms with Crippen LogP contribution in [-0.4, -0.2) is 38.4 Å². The van der Waals surface area contributed by atoms with Crippen LogP contribution in [0.25, 0.3) is 0 Å². The molecule has 0 bridgehead atoms. The summed E-state index contributed by atoms with van der Waals surface area (Å²) < 4.78 is 43.2. The van der Waals surface area contributed by atoms with Crippen molar-refractivity contribution in [2.45, 2.75) is 70.6 Å². The number of halogens is 3. The van der Waals surface area contributed by atoms with E-state index in [-0.39, 0.29) is 11.3 Å². The van der Waals surface area contributed by atoms with Gasteiger partial charge in [0.15, 0.2) is 8.32 Å². The number of hydrogen-bond donors (Lipinski definition) is 0. The third kappa shape index (κ3) is 8.01. The number of aliphatic imine (C=N–C) groups is 1. The molecule has 0 aromatic carbocycles. The Morgan fingerprint density at radius 2 is 1.86 bits per heavy atom. The summed E-state index contributed by atoms with van der Waals surface area (Å²) in [5.41, 5.74) is 0. The van der Waals surface area contributed by atoms with Crippen LogP contribution in [0.2, 0.25) is 18.1 Å². The minimum Gasteiger partial charge on any atom is -0.396 e. The van der Waals surface area contributed by atoms with Gasteiger partial charge in [-0.1, -0.05) is 20.8 Å². The molecule has 0 amide bonds. The molecular formula is C15H28F3NOSSi. The number of rotatable bonds is 8. The van der Waals surface area contributed by atoms with Gasteiger partial charge in [-0.25, -0.2) is 0 Å². The summed E-state index contributed by atoms with van der Waals surface area (Å²) in [5, 5.41) is -0.0415. The van der Waals surface area contributed by atoms with Crippen LogP contribution in [0.5, 0.6) is 0 Å². The van der Waals surface area contributed by atoms with E-state index in [1.54, 1.807) is 11.8 Å². The van der Waals surface area contributed by atoms with Gasteiger partial charge in [0.1, 0.15) is 12.4 Å². The minimum atomic E-state index is -4.38. The Kier molecular flexibility index (Phi) is 7.02. The summed E-state index contributed by atoms with van der Waals surface area (Å²) in [6.45, 7) is 10.3. The predicted octanol–water partition coefficient (Wildman–Crippen LogP) is 5.50. The van der Waals surface area contributed by atoms with Crippen molar-refractivity contribution in [2.24, 2.45) is 10.9 Å². The van der Waals surface area contributed by atoms with Crippen molar-refractivity contribution in [1.29, 1.82) is 0 Å². The van der Waals surface area contributed by atoms with Gasteiger partial charge in [0, 0.05) is 6.42 Å². The molecule has 0 N–H and O–H groups in total. The van der Waals surface area contributed by atoms with Gasteiger partial charge in [0.2, 0.25) is 0 Å². The quantitative estimate of drug-likeness (QED) is 0.326. The van der Waals surface area contributed by atoms with E-state index in [0.29, 0.717) is 6.42 Å². The van der Waals surface area contributed by atoms with Crippen molar-refractivity contribution >= 4 is 26.3 Å². The molecule has 0 aliphatic heterocycles. The summed E-state index contributed by atoms with van der Waals surface area (Å²) in [7, 11) is -2.12. The molecule has 1 rings (SSSR count). The lowest BCUT2D eigenvalue weighted by molar-refractivity contribution is -0.0545. The molecule has 0 saturated heterocycles. The molecule has 0 heterocycles. The topological polar surface area (TPSA) is 21.6 Å². The average Bonchev–Trinajstić information content (AvgIpc) is 3.12. The van der Waals surface area contributed by atoms with Crippen LogP contribution >= 0.6 is 11.8 Å². The summed E-state index contributed by atoms with van der Waals surface area (Å²) in [6, 6.07) is 0. The van der Waals surface area contributed by atoms with E-state index in [0.717, 1.165) is 17.4 Å². The Hall–Kier alpha value is -0.0131. The zero-order chi connectivity index (χ0) is 17.0. The van der Waals surface area contributed by atoms with Gasteiger partial charge in [-0.3, -0.25) is 4.99 Å². The van der Waals surface area contributed by atoms with Crippen LogP contribution in [0.4, 0.5) is 13.2 Å². The molecule has 1 unspecified atom stereocenters. The highest BCUT2D eigenvalue weighted by molar-refractivity contribution is 7.99. The lowest BCUT2D eigenvalue weighted by Crippen LogP contribution is -2.43. The molecule has 0 radical (unpaired) electrons. The highest BCUT2D eigenvalue weighted by Gasteiger charge is 2.39. The lowest BCUT2D eigenvalue weighted by Gasteiger charge is -2.38. The molecule has 1 saturated carbocycles.